The SMILES string of the molecule is NCC1(Cc2nc(-c3cccc(F)c3)no2)CCC1. The van der Waals surface area contributed by atoms with Crippen molar-refractivity contribution in [1.82, 2.24) is 10.1 Å². The lowest BCUT2D eigenvalue weighted by molar-refractivity contribution is 0.129. The molecule has 1 aromatic heterocycles. The summed E-state index contributed by atoms with van der Waals surface area (Å²) in [7, 11) is 0. The van der Waals surface area contributed by atoms with Crippen LogP contribution in [-0.2, 0) is 6.42 Å². The maximum atomic E-state index is 13.1. The van der Waals surface area contributed by atoms with Crippen LogP contribution >= 0.6 is 0 Å². The molecule has 1 aromatic carbocycles. The van der Waals surface area contributed by atoms with Crippen molar-refractivity contribution in [3.63, 3.8) is 0 Å². The number of halogens is 1. The number of hydrogen-bond acceptors (Lipinski definition) is 4. The van der Waals surface area contributed by atoms with Crippen molar-refractivity contribution in [1.29, 1.82) is 0 Å². The van der Waals surface area contributed by atoms with E-state index in [0.717, 1.165) is 12.8 Å². The van der Waals surface area contributed by atoms with Crippen LogP contribution in [0.1, 0.15) is 25.2 Å². The minimum absolute atomic E-state index is 0.131. The predicted molar refractivity (Wildman–Crippen MR) is 68.7 cm³/mol. The summed E-state index contributed by atoms with van der Waals surface area (Å²) in [6.07, 6.45) is 4.15. The van der Waals surface area contributed by atoms with E-state index in [9.17, 15) is 4.39 Å². The van der Waals surface area contributed by atoms with Gasteiger partial charge in [0.1, 0.15) is 5.82 Å². The highest BCUT2D eigenvalue weighted by Crippen LogP contribution is 2.42. The van der Waals surface area contributed by atoms with Crippen LogP contribution in [0.4, 0.5) is 4.39 Å². The third kappa shape index (κ3) is 2.38. The maximum absolute atomic E-state index is 13.1. The Morgan fingerprint density at radius 1 is 1.37 bits per heavy atom. The fraction of sp³-hybridized carbons (Fsp3) is 0.429. The fourth-order valence-corrected chi connectivity index (χ4v) is 2.52. The molecule has 0 atom stereocenters. The average Bonchev–Trinajstić information content (AvgIpc) is 2.82. The van der Waals surface area contributed by atoms with Crippen molar-refractivity contribution in [2.24, 2.45) is 11.1 Å². The third-order valence-corrected chi connectivity index (χ3v) is 3.92. The first-order chi connectivity index (χ1) is 9.21. The van der Waals surface area contributed by atoms with E-state index in [4.69, 9.17) is 10.3 Å². The third-order valence-electron chi connectivity index (χ3n) is 3.92. The average molecular weight is 261 g/mol. The Hall–Kier alpha value is -1.75. The summed E-state index contributed by atoms with van der Waals surface area (Å²) >= 11 is 0. The highest BCUT2D eigenvalue weighted by Gasteiger charge is 2.37. The van der Waals surface area contributed by atoms with Gasteiger partial charge in [-0.15, -0.1) is 0 Å². The van der Waals surface area contributed by atoms with E-state index in [2.05, 4.69) is 10.1 Å². The van der Waals surface area contributed by atoms with Crippen LogP contribution in [-0.4, -0.2) is 16.7 Å². The molecule has 5 heteroatoms. The summed E-state index contributed by atoms with van der Waals surface area (Å²) < 4.78 is 18.4. The second-order valence-corrected chi connectivity index (χ2v) is 5.26. The van der Waals surface area contributed by atoms with Crippen LogP contribution in [0.25, 0.3) is 11.4 Å². The topological polar surface area (TPSA) is 64.9 Å². The number of aromatic nitrogens is 2. The fourth-order valence-electron chi connectivity index (χ4n) is 2.52. The molecular formula is C14H16FN3O. The summed E-state index contributed by atoms with van der Waals surface area (Å²) in [6, 6.07) is 6.19. The molecule has 19 heavy (non-hydrogen) atoms. The standard InChI is InChI=1S/C14H16FN3O/c15-11-4-1-3-10(7-11)13-17-12(19-18-13)8-14(9-16)5-2-6-14/h1,3-4,7H,2,5-6,8-9,16H2. The van der Waals surface area contributed by atoms with E-state index in [1.807, 2.05) is 0 Å². The van der Waals surface area contributed by atoms with Crippen molar-refractivity contribution in [2.45, 2.75) is 25.7 Å². The molecule has 0 bridgehead atoms. The summed E-state index contributed by atoms with van der Waals surface area (Å²) in [4.78, 5) is 4.34. The molecule has 100 valence electrons. The van der Waals surface area contributed by atoms with Crippen LogP contribution in [0.3, 0.4) is 0 Å². The summed E-state index contributed by atoms with van der Waals surface area (Å²) in [5, 5.41) is 3.91. The second-order valence-electron chi connectivity index (χ2n) is 5.26. The molecule has 0 spiro atoms. The zero-order valence-corrected chi connectivity index (χ0v) is 10.6. The maximum Gasteiger partial charge on any atom is 0.227 e. The quantitative estimate of drug-likeness (QED) is 0.918. The lowest BCUT2D eigenvalue weighted by Crippen LogP contribution is -2.39. The van der Waals surface area contributed by atoms with Gasteiger partial charge in [-0.2, -0.15) is 4.98 Å². The Kier molecular flexibility index (Phi) is 3.06. The van der Waals surface area contributed by atoms with Crippen molar-refractivity contribution < 1.29 is 8.91 Å². The summed E-state index contributed by atoms with van der Waals surface area (Å²) in [5.74, 6) is 0.715. The van der Waals surface area contributed by atoms with Gasteiger partial charge in [0.25, 0.3) is 0 Å². The number of rotatable bonds is 4. The molecule has 0 amide bonds. The molecule has 3 rings (SSSR count). The zero-order valence-electron chi connectivity index (χ0n) is 10.6. The molecule has 1 saturated carbocycles. The van der Waals surface area contributed by atoms with E-state index >= 15 is 0 Å². The van der Waals surface area contributed by atoms with Gasteiger partial charge in [0.05, 0.1) is 0 Å². The first-order valence-corrected chi connectivity index (χ1v) is 6.49. The molecule has 4 nitrogen and oxygen atoms in total. The van der Waals surface area contributed by atoms with Crippen LogP contribution < -0.4 is 5.73 Å². The van der Waals surface area contributed by atoms with Crippen molar-refractivity contribution >= 4 is 0 Å². The highest BCUT2D eigenvalue weighted by molar-refractivity contribution is 5.53. The van der Waals surface area contributed by atoms with Crippen LogP contribution in [0.5, 0.6) is 0 Å². The molecule has 1 fully saturated rings. The molecule has 2 N–H and O–H groups in total. The largest absolute Gasteiger partial charge is 0.339 e. The van der Waals surface area contributed by atoms with Gasteiger partial charge >= 0.3 is 0 Å². The molecule has 0 saturated heterocycles. The molecule has 0 unspecified atom stereocenters. The molecule has 0 aliphatic heterocycles. The van der Waals surface area contributed by atoms with Gasteiger partial charge in [-0.3, -0.25) is 0 Å². The summed E-state index contributed by atoms with van der Waals surface area (Å²) in [5.41, 5.74) is 6.58. The number of hydrogen-bond donors (Lipinski definition) is 1. The molecule has 1 aliphatic rings. The van der Waals surface area contributed by atoms with E-state index in [1.54, 1.807) is 12.1 Å². The molecule has 2 aromatic rings. The Labute approximate surface area is 110 Å². The van der Waals surface area contributed by atoms with E-state index < -0.39 is 0 Å². The van der Waals surface area contributed by atoms with Crippen molar-refractivity contribution in [3.8, 4) is 11.4 Å². The van der Waals surface area contributed by atoms with E-state index in [1.165, 1.54) is 18.6 Å². The Bertz CT molecular complexity index is 572. The first-order valence-electron chi connectivity index (χ1n) is 6.49. The molecular weight excluding hydrogens is 245 g/mol. The van der Waals surface area contributed by atoms with E-state index in [-0.39, 0.29) is 11.2 Å². The lowest BCUT2D eigenvalue weighted by Gasteiger charge is -2.39. The molecule has 1 heterocycles. The smallest absolute Gasteiger partial charge is 0.227 e. The van der Waals surface area contributed by atoms with Crippen LogP contribution in [0.15, 0.2) is 28.8 Å². The minimum Gasteiger partial charge on any atom is -0.339 e. The monoisotopic (exact) mass is 261 g/mol. The van der Waals surface area contributed by atoms with Crippen molar-refractivity contribution in [2.75, 3.05) is 6.54 Å². The van der Waals surface area contributed by atoms with Gasteiger partial charge in [-0.1, -0.05) is 23.7 Å². The normalized spacial score (nSPS) is 17.2. The molecule has 1 aliphatic carbocycles. The Balaban J connectivity index is 1.80. The van der Waals surface area contributed by atoms with Gasteiger partial charge in [0.2, 0.25) is 11.7 Å². The predicted octanol–water partition coefficient (Wildman–Crippen LogP) is 2.55. The van der Waals surface area contributed by atoms with E-state index in [0.29, 0.717) is 30.2 Å². The zero-order chi connectivity index (χ0) is 13.3. The Morgan fingerprint density at radius 3 is 2.84 bits per heavy atom. The number of nitrogens with zero attached hydrogens (tertiary/aromatic N) is 2. The van der Waals surface area contributed by atoms with Gasteiger partial charge in [-0.05, 0) is 36.9 Å². The Morgan fingerprint density at radius 2 is 2.21 bits per heavy atom. The van der Waals surface area contributed by atoms with Gasteiger partial charge in [0.15, 0.2) is 0 Å². The van der Waals surface area contributed by atoms with Gasteiger partial charge in [-0.25, -0.2) is 4.39 Å². The lowest BCUT2D eigenvalue weighted by atomic mass is 9.67. The number of nitrogens with two attached hydrogens (primary N) is 1. The van der Waals surface area contributed by atoms with Crippen molar-refractivity contribution in [3.05, 3.63) is 36.0 Å². The van der Waals surface area contributed by atoms with Crippen LogP contribution in [0.2, 0.25) is 0 Å². The number of benzene rings is 1. The minimum atomic E-state index is -0.304. The second kappa shape index (κ2) is 4.74. The van der Waals surface area contributed by atoms with Crippen LogP contribution in [0, 0.1) is 11.2 Å². The van der Waals surface area contributed by atoms with Gasteiger partial charge in [0, 0.05) is 12.0 Å². The first kappa shape index (κ1) is 12.3. The molecule has 0 radical (unpaired) electrons. The van der Waals surface area contributed by atoms with Gasteiger partial charge < -0.3 is 10.3 Å². The highest BCUT2D eigenvalue weighted by atomic mass is 19.1. The summed E-state index contributed by atoms with van der Waals surface area (Å²) in [6.45, 7) is 0.644.